The first-order valence-electron chi connectivity index (χ1n) is 3.64. The molecule has 0 saturated carbocycles. The molecule has 0 aromatic heterocycles. The molecule has 14 heavy (non-hydrogen) atoms. The zero-order valence-electron chi connectivity index (χ0n) is 7.47. The van der Waals surface area contributed by atoms with Gasteiger partial charge in [0.2, 0.25) is 13.7 Å². The lowest BCUT2D eigenvalue weighted by Crippen LogP contribution is -2.28. The largest absolute Gasteiger partial charge is 0.505 e. The van der Waals surface area contributed by atoms with E-state index in [9.17, 15) is 14.4 Å². The molecule has 8 heteroatoms. The van der Waals surface area contributed by atoms with Crippen molar-refractivity contribution in [3.05, 3.63) is 0 Å². The summed E-state index contributed by atoms with van der Waals surface area (Å²) in [6.45, 7) is -0.448. The minimum Gasteiger partial charge on any atom is -0.464 e. The topological polar surface area (TPSA) is 99.1 Å². The van der Waals surface area contributed by atoms with E-state index in [1.165, 1.54) is 0 Å². The number of hydrogen-bond donors (Lipinski definition) is 1. The molecule has 0 spiro atoms. The number of carboxylic acid groups (broad SMARTS) is 1. The Hall–Kier alpha value is -1.73. The maximum atomic E-state index is 10.5. The van der Waals surface area contributed by atoms with Crippen molar-refractivity contribution in [2.75, 3.05) is 13.2 Å². The quantitative estimate of drug-likeness (QED) is 0.256. The molecule has 0 heterocycles. The van der Waals surface area contributed by atoms with Crippen LogP contribution in [0.4, 0.5) is 9.59 Å². The fourth-order valence-corrected chi connectivity index (χ4v) is 0.662. The Labute approximate surface area is 80.3 Å². The monoisotopic (exact) mass is 204 g/mol. The van der Waals surface area contributed by atoms with E-state index in [0.717, 1.165) is 7.85 Å². The highest BCUT2D eigenvalue weighted by Crippen LogP contribution is 1.95. The van der Waals surface area contributed by atoms with Gasteiger partial charge in [-0.25, -0.2) is 4.79 Å². The SMILES string of the molecule is BC(=O)O[C@H](COC=O)COC(=O)O. The number of carbonyl (C=O) groups excluding carboxylic acids is 2. The predicted molar refractivity (Wildman–Crippen MR) is 44.8 cm³/mol. The average molecular weight is 204 g/mol. The lowest BCUT2D eigenvalue weighted by Gasteiger charge is -2.14. The molecule has 1 atom stereocenters. The molecule has 0 aromatic carbocycles. The highest BCUT2D eigenvalue weighted by molar-refractivity contribution is 6.55. The minimum atomic E-state index is -1.49. The first-order chi connectivity index (χ1) is 6.56. The van der Waals surface area contributed by atoms with Crippen molar-refractivity contribution in [3.8, 4) is 0 Å². The number of carbonyl (C=O) groups is 3. The van der Waals surface area contributed by atoms with Gasteiger partial charge < -0.3 is 19.3 Å². The first kappa shape index (κ1) is 12.3. The van der Waals surface area contributed by atoms with E-state index in [4.69, 9.17) is 5.11 Å². The van der Waals surface area contributed by atoms with Gasteiger partial charge in [0.05, 0.1) is 0 Å². The molecule has 7 nitrogen and oxygen atoms in total. The highest BCUT2D eigenvalue weighted by atomic mass is 16.7. The molecule has 0 aliphatic heterocycles. The van der Waals surface area contributed by atoms with Gasteiger partial charge in [0, 0.05) is 0 Å². The Bertz CT molecular complexity index is 216. The molecule has 0 aromatic rings. The standard InChI is InChI=1S/C6H9BO7/c7-5(9)14-4(1-12-3-8)2-13-6(10)11/h3-4H,1-2,7H2,(H,10,11)/t4-/m1/s1. The third-order valence-corrected chi connectivity index (χ3v) is 1.08. The van der Waals surface area contributed by atoms with E-state index in [1.807, 2.05) is 0 Å². The molecule has 0 aliphatic carbocycles. The van der Waals surface area contributed by atoms with Crippen LogP contribution in [0, 0.1) is 0 Å². The average Bonchev–Trinajstić information content (AvgIpc) is 2.09. The Morgan fingerprint density at radius 3 is 2.50 bits per heavy atom. The molecule has 0 amide bonds. The summed E-state index contributed by atoms with van der Waals surface area (Å²) in [5.41, 5.74) is 0. The van der Waals surface area contributed by atoms with E-state index < -0.39 is 18.1 Å². The van der Waals surface area contributed by atoms with Crippen molar-refractivity contribution in [3.63, 3.8) is 0 Å². The van der Waals surface area contributed by atoms with Gasteiger partial charge in [-0.2, -0.15) is 0 Å². The van der Waals surface area contributed by atoms with E-state index in [2.05, 4.69) is 14.2 Å². The Morgan fingerprint density at radius 1 is 1.43 bits per heavy atom. The summed E-state index contributed by atoms with van der Waals surface area (Å²) in [4.78, 5) is 30.3. The van der Waals surface area contributed by atoms with Crippen molar-refractivity contribution in [1.82, 2.24) is 0 Å². The van der Waals surface area contributed by atoms with Crippen molar-refractivity contribution in [2.45, 2.75) is 6.10 Å². The van der Waals surface area contributed by atoms with Crippen LogP contribution in [0.5, 0.6) is 0 Å². The van der Waals surface area contributed by atoms with Gasteiger partial charge in [0.15, 0.2) is 6.10 Å². The molecule has 78 valence electrons. The van der Waals surface area contributed by atoms with E-state index in [-0.39, 0.29) is 19.7 Å². The molecular formula is C6H9BO7. The molecule has 1 N–H and O–H groups in total. The molecule has 0 radical (unpaired) electrons. The van der Waals surface area contributed by atoms with Crippen molar-refractivity contribution in [2.24, 2.45) is 0 Å². The fraction of sp³-hybridized carbons (Fsp3) is 0.500. The normalized spacial score (nSPS) is 11.1. The van der Waals surface area contributed by atoms with Crippen molar-refractivity contribution >= 4 is 26.3 Å². The van der Waals surface area contributed by atoms with Gasteiger partial charge in [-0.3, -0.25) is 9.59 Å². The third-order valence-electron chi connectivity index (χ3n) is 1.08. The molecule has 0 rings (SSSR count). The van der Waals surface area contributed by atoms with Crippen LogP contribution in [0.25, 0.3) is 0 Å². The summed E-state index contributed by atoms with van der Waals surface area (Å²) in [5, 5.41) is 8.15. The Balaban J connectivity index is 3.89. The van der Waals surface area contributed by atoms with Crippen LogP contribution < -0.4 is 0 Å². The molecule has 0 unspecified atom stereocenters. The van der Waals surface area contributed by atoms with E-state index >= 15 is 0 Å². The Kier molecular flexibility index (Phi) is 5.92. The van der Waals surface area contributed by atoms with E-state index in [1.54, 1.807) is 0 Å². The molecular weight excluding hydrogens is 195 g/mol. The molecule has 0 saturated heterocycles. The second kappa shape index (κ2) is 6.75. The second-order valence-electron chi connectivity index (χ2n) is 2.24. The van der Waals surface area contributed by atoms with Crippen LogP contribution in [-0.4, -0.2) is 50.8 Å². The van der Waals surface area contributed by atoms with Gasteiger partial charge in [-0.05, 0) is 0 Å². The van der Waals surface area contributed by atoms with Crippen molar-refractivity contribution in [1.29, 1.82) is 0 Å². The van der Waals surface area contributed by atoms with Gasteiger partial charge >= 0.3 is 6.16 Å². The lowest BCUT2D eigenvalue weighted by molar-refractivity contribution is -0.132. The van der Waals surface area contributed by atoms with Crippen LogP contribution in [-0.2, 0) is 19.0 Å². The maximum Gasteiger partial charge on any atom is 0.505 e. The Morgan fingerprint density at radius 2 is 2.07 bits per heavy atom. The van der Waals surface area contributed by atoms with Gasteiger partial charge in [-0.1, -0.05) is 0 Å². The van der Waals surface area contributed by atoms with Crippen LogP contribution in [0.15, 0.2) is 0 Å². The maximum absolute atomic E-state index is 10.5. The van der Waals surface area contributed by atoms with Crippen LogP contribution in [0.1, 0.15) is 0 Å². The summed E-state index contributed by atoms with van der Waals surface area (Å²) < 4.78 is 13.0. The highest BCUT2D eigenvalue weighted by Gasteiger charge is 2.14. The molecule has 0 bridgehead atoms. The lowest BCUT2D eigenvalue weighted by atomic mass is 10.2. The number of hydrogen-bond acceptors (Lipinski definition) is 6. The van der Waals surface area contributed by atoms with Crippen LogP contribution in [0.2, 0.25) is 0 Å². The summed E-state index contributed by atoms with van der Waals surface area (Å²) in [6.07, 6.45) is -2.40. The van der Waals surface area contributed by atoms with Gasteiger partial charge in [-0.15, -0.1) is 0 Å². The van der Waals surface area contributed by atoms with E-state index in [0.29, 0.717) is 0 Å². The summed E-state index contributed by atoms with van der Waals surface area (Å²) in [5.74, 6) is -0.613. The second-order valence-corrected chi connectivity index (χ2v) is 2.24. The molecule has 0 aliphatic rings. The van der Waals surface area contributed by atoms with Crippen molar-refractivity contribution < 1.29 is 33.7 Å². The third kappa shape index (κ3) is 6.95. The predicted octanol–water partition coefficient (Wildman–Crippen LogP) is -1.01. The van der Waals surface area contributed by atoms with Gasteiger partial charge in [0.1, 0.15) is 13.2 Å². The number of ether oxygens (including phenoxy) is 3. The minimum absolute atomic E-state index is 0.164. The molecule has 0 fully saturated rings. The zero-order chi connectivity index (χ0) is 11.0. The van der Waals surface area contributed by atoms with Crippen LogP contribution >= 0.6 is 0 Å². The number of rotatable bonds is 6. The van der Waals surface area contributed by atoms with Gasteiger partial charge in [0.25, 0.3) is 6.47 Å². The van der Waals surface area contributed by atoms with Crippen LogP contribution in [0.3, 0.4) is 0 Å². The fourth-order valence-electron chi connectivity index (χ4n) is 0.662. The summed E-state index contributed by atoms with van der Waals surface area (Å²) >= 11 is 0. The summed E-state index contributed by atoms with van der Waals surface area (Å²) in [6, 6.07) is 0. The smallest absolute Gasteiger partial charge is 0.464 e. The summed E-state index contributed by atoms with van der Waals surface area (Å²) in [7, 11) is 1.15. The first-order valence-corrected chi connectivity index (χ1v) is 3.64. The zero-order valence-corrected chi connectivity index (χ0v) is 7.47.